The fraction of sp³-hybridized carbons (Fsp3) is 0.250. The highest BCUT2D eigenvalue weighted by Crippen LogP contribution is 2.21. The maximum Gasteiger partial charge on any atom is 0.293 e. The number of rotatable bonds is 3. The number of hydrogen-bond acceptors (Lipinski definition) is 8. The van der Waals surface area contributed by atoms with Gasteiger partial charge in [0.25, 0.3) is 5.91 Å². The van der Waals surface area contributed by atoms with Gasteiger partial charge in [-0.25, -0.2) is 10.1 Å². The maximum absolute atomic E-state index is 12.5. The molecule has 10 nitrogen and oxygen atoms in total. The van der Waals surface area contributed by atoms with Gasteiger partial charge >= 0.3 is 0 Å². The Morgan fingerprint density at radius 3 is 2.96 bits per heavy atom. The first-order valence-corrected chi connectivity index (χ1v) is 8.11. The number of hydrazone groups is 1. The zero-order valence-corrected chi connectivity index (χ0v) is 14.0. The molecule has 0 aliphatic heterocycles. The van der Waals surface area contributed by atoms with Crippen molar-refractivity contribution < 1.29 is 9.42 Å². The maximum atomic E-state index is 12.5. The van der Waals surface area contributed by atoms with E-state index in [1.165, 1.54) is 10.2 Å². The minimum atomic E-state index is -0.459. The molecule has 2 aromatic heterocycles. The minimum absolute atomic E-state index is 0.0593. The van der Waals surface area contributed by atoms with Crippen LogP contribution in [0.3, 0.4) is 0 Å². The molecule has 3 N–H and O–H groups in total. The lowest BCUT2D eigenvalue weighted by molar-refractivity contribution is 0.0949. The van der Waals surface area contributed by atoms with Gasteiger partial charge in [0.15, 0.2) is 5.69 Å². The van der Waals surface area contributed by atoms with Gasteiger partial charge in [0.05, 0.1) is 11.4 Å². The molecule has 1 aliphatic carbocycles. The van der Waals surface area contributed by atoms with Crippen molar-refractivity contribution in [1.82, 2.24) is 30.7 Å². The van der Waals surface area contributed by atoms with Crippen molar-refractivity contribution in [2.24, 2.45) is 5.10 Å². The summed E-state index contributed by atoms with van der Waals surface area (Å²) in [4.78, 5) is 12.5. The van der Waals surface area contributed by atoms with Gasteiger partial charge in [0, 0.05) is 5.56 Å². The summed E-state index contributed by atoms with van der Waals surface area (Å²) in [6.45, 7) is 1.67. The number of carbonyl (C=O) groups excluding carboxylic acids is 1. The number of nitrogens with one attached hydrogen (secondary N) is 1. The Morgan fingerprint density at radius 2 is 2.15 bits per heavy atom. The lowest BCUT2D eigenvalue weighted by Crippen LogP contribution is -2.23. The lowest BCUT2D eigenvalue weighted by atomic mass is 9.90. The third-order valence-electron chi connectivity index (χ3n) is 4.29. The topological polar surface area (TPSA) is 137 Å². The second-order valence-electron chi connectivity index (χ2n) is 5.92. The van der Waals surface area contributed by atoms with Crippen molar-refractivity contribution in [2.45, 2.75) is 26.2 Å². The highest BCUT2D eigenvalue weighted by atomic mass is 16.6. The molecule has 4 rings (SSSR count). The van der Waals surface area contributed by atoms with Crippen molar-refractivity contribution in [3.63, 3.8) is 0 Å². The molecular weight excluding hydrogens is 336 g/mol. The summed E-state index contributed by atoms with van der Waals surface area (Å²) in [5.74, 6) is -0.218. The van der Waals surface area contributed by atoms with Crippen molar-refractivity contribution in [3.05, 3.63) is 46.8 Å². The predicted octanol–water partition coefficient (Wildman–Crippen LogP) is 1.01. The van der Waals surface area contributed by atoms with Gasteiger partial charge in [-0.1, -0.05) is 29.5 Å². The van der Waals surface area contributed by atoms with Gasteiger partial charge in [0.2, 0.25) is 11.6 Å². The van der Waals surface area contributed by atoms with E-state index < -0.39 is 5.91 Å². The number of carbonyl (C=O) groups is 1. The van der Waals surface area contributed by atoms with Crippen LogP contribution in [0, 0.1) is 6.92 Å². The molecule has 10 heteroatoms. The second-order valence-corrected chi connectivity index (χ2v) is 5.92. The zero-order chi connectivity index (χ0) is 18.1. The van der Waals surface area contributed by atoms with Crippen LogP contribution < -0.4 is 11.2 Å². The Morgan fingerprint density at radius 1 is 1.31 bits per heavy atom. The summed E-state index contributed by atoms with van der Waals surface area (Å²) >= 11 is 0. The summed E-state index contributed by atoms with van der Waals surface area (Å²) in [5, 5.41) is 19.2. The number of anilines is 1. The van der Waals surface area contributed by atoms with Crippen LogP contribution in [-0.2, 0) is 6.42 Å². The number of nitrogen functional groups attached to an aromatic ring is 1. The van der Waals surface area contributed by atoms with Crippen LogP contribution in [0.2, 0.25) is 0 Å². The SMILES string of the molecule is Cc1c(C(=O)N/N=C2/CCCc3ccccc32)nnn1-c1nonc1N. The molecule has 1 amide bonds. The average molecular weight is 352 g/mol. The smallest absolute Gasteiger partial charge is 0.293 e. The van der Waals surface area contributed by atoms with E-state index in [0.29, 0.717) is 5.69 Å². The van der Waals surface area contributed by atoms with Gasteiger partial charge in [-0.05, 0) is 42.1 Å². The number of nitrogens with two attached hydrogens (primary N) is 1. The van der Waals surface area contributed by atoms with E-state index in [1.807, 2.05) is 18.2 Å². The van der Waals surface area contributed by atoms with E-state index in [9.17, 15) is 4.79 Å². The first-order valence-electron chi connectivity index (χ1n) is 8.11. The summed E-state index contributed by atoms with van der Waals surface area (Å²) in [6, 6.07) is 8.07. The predicted molar refractivity (Wildman–Crippen MR) is 91.7 cm³/mol. The molecule has 0 fully saturated rings. The van der Waals surface area contributed by atoms with Crippen LogP contribution in [0.25, 0.3) is 5.82 Å². The van der Waals surface area contributed by atoms with Gasteiger partial charge in [-0.15, -0.1) is 5.10 Å². The lowest BCUT2D eigenvalue weighted by Gasteiger charge is -2.17. The van der Waals surface area contributed by atoms with E-state index >= 15 is 0 Å². The summed E-state index contributed by atoms with van der Waals surface area (Å²) in [5.41, 5.74) is 12.0. The van der Waals surface area contributed by atoms with Crippen LogP contribution >= 0.6 is 0 Å². The monoisotopic (exact) mass is 352 g/mol. The molecule has 0 bridgehead atoms. The van der Waals surface area contributed by atoms with E-state index in [4.69, 9.17) is 5.73 Å². The summed E-state index contributed by atoms with van der Waals surface area (Å²) in [7, 11) is 0. The van der Waals surface area contributed by atoms with E-state index in [-0.39, 0.29) is 17.3 Å². The number of hydrogen-bond donors (Lipinski definition) is 2. The molecule has 1 aromatic carbocycles. The number of fused-ring (bicyclic) bond motifs is 1. The van der Waals surface area contributed by atoms with Crippen molar-refractivity contribution in [3.8, 4) is 5.82 Å². The first-order chi connectivity index (χ1) is 12.6. The zero-order valence-electron chi connectivity index (χ0n) is 14.0. The number of nitrogens with zero attached hydrogens (tertiary/aromatic N) is 6. The summed E-state index contributed by atoms with van der Waals surface area (Å²) in [6.07, 6.45) is 2.83. The Bertz CT molecular complexity index is 1000. The third-order valence-corrected chi connectivity index (χ3v) is 4.29. The largest absolute Gasteiger partial charge is 0.378 e. The Balaban J connectivity index is 1.57. The molecule has 3 aromatic rings. The number of benzene rings is 1. The van der Waals surface area contributed by atoms with Gasteiger partial charge < -0.3 is 5.73 Å². The normalized spacial score (nSPS) is 15.0. The van der Waals surface area contributed by atoms with Crippen molar-refractivity contribution in [2.75, 3.05) is 5.73 Å². The highest BCUT2D eigenvalue weighted by Gasteiger charge is 2.21. The van der Waals surface area contributed by atoms with Crippen LogP contribution in [0.15, 0.2) is 34.0 Å². The molecule has 0 saturated heterocycles. The molecule has 0 saturated carbocycles. The molecular formula is C16H16N8O2. The van der Waals surface area contributed by atoms with E-state index in [2.05, 4.69) is 41.8 Å². The fourth-order valence-corrected chi connectivity index (χ4v) is 2.97. The van der Waals surface area contributed by atoms with Crippen LogP contribution in [0.1, 0.15) is 40.2 Å². The van der Waals surface area contributed by atoms with Gasteiger partial charge in [-0.3, -0.25) is 4.79 Å². The Labute approximate surface area is 148 Å². The van der Waals surface area contributed by atoms with Crippen molar-refractivity contribution >= 4 is 17.4 Å². The fourth-order valence-electron chi connectivity index (χ4n) is 2.97. The van der Waals surface area contributed by atoms with E-state index in [0.717, 1.165) is 30.5 Å². The Kier molecular flexibility index (Phi) is 3.92. The number of aryl methyl sites for hydroxylation is 1. The molecule has 0 spiro atoms. The molecule has 0 radical (unpaired) electrons. The third kappa shape index (κ3) is 2.70. The molecule has 26 heavy (non-hydrogen) atoms. The van der Waals surface area contributed by atoms with Crippen LogP contribution in [-0.4, -0.2) is 36.9 Å². The molecule has 132 valence electrons. The average Bonchev–Trinajstić information content (AvgIpc) is 3.24. The van der Waals surface area contributed by atoms with E-state index in [1.54, 1.807) is 6.92 Å². The number of amides is 1. The molecule has 0 unspecified atom stereocenters. The molecule has 2 heterocycles. The first kappa shape index (κ1) is 15.9. The second kappa shape index (κ2) is 6.39. The molecule has 1 aliphatic rings. The standard InChI is InChI=1S/C16H16N8O2/c1-9-13(19-23-24(9)15-14(17)21-26-22-15)16(25)20-18-12-8-4-6-10-5-2-3-7-11(10)12/h2-3,5,7H,4,6,8H2,1H3,(H2,17,21)(H,20,25)/b18-12-. The minimum Gasteiger partial charge on any atom is -0.378 e. The quantitative estimate of drug-likeness (QED) is 0.671. The Hall–Kier alpha value is -3.56. The highest BCUT2D eigenvalue weighted by molar-refractivity contribution is 6.03. The van der Waals surface area contributed by atoms with Crippen LogP contribution in [0.5, 0.6) is 0 Å². The van der Waals surface area contributed by atoms with Gasteiger partial charge in [0.1, 0.15) is 0 Å². The molecule has 0 atom stereocenters. The van der Waals surface area contributed by atoms with Crippen LogP contribution in [0.4, 0.5) is 5.82 Å². The van der Waals surface area contributed by atoms with Gasteiger partial charge in [-0.2, -0.15) is 9.78 Å². The number of aromatic nitrogens is 5. The summed E-state index contributed by atoms with van der Waals surface area (Å²) < 4.78 is 5.84. The van der Waals surface area contributed by atoms with Crippen molar-refractivity contribution in [1.29, 1.82) is 0 Å².